The van der Waals surface area contributed by atoms with E-state index in [1.165, 1.54) is 28.6 Å². The molecule has 0 radical (unpaired) electrons. The largest absolute Gasteiger partial charge is 0.416 e. The summed E-state index contributed by atoms with van der Waals surface area (Å²) in [4.78, 5) is 17.7. The van der Waals surface area contributed by atoms with E-state index in [1.54, 1.807) is 0 Å². The van der Waals surface area contributed by atoms with Crippen LogP contribution in [-0.4, -0.2) is 48.1 Å². The summed E-state index contributed by atoms with van der Waals surface area (Å²) in [6.45, 7) is 6.30. The summed E-state index contributed by atoms with van der Waals surface area (Å²) in [5, 5.41) is 6.47. The molecule has 5 aliphatic rings. The molecule has 1 amide bonds. The zero-order valence-corrected chi connectivity index (χ0v) is 24.5. The molecule has 7 rings (SSSR count). The van der Waals surface area contributed by atoms with Gasteiger partial charge in [-0.05, 0) is 86.4 Å². The molecule has 0 aromatic heterocycles. The van der Waals surface area contributed by atoms with Crippen LogP contribution >= 0.6 is 0 Å². The SMILES string of the molecule is CC1(C)CC(NC(=O)[C@@]2(C)CN=C(C34CC(N(Cc5ccc(C(F)(F)F)cc5)S(=O)(=O)c5ccc(F)cc5)(C3)C4)N2)C1. The van der Waals surface area contributed by atoms with Crippen molar-refractivity contribution >= 4 is 21.8 Å². The third kappa shape index (κ3) is 4.80. The number of rotatable bonds is 8. The lowest BCUT2D eigenvalue weighted by atomic mass is 9.38. The molecule has 4 aliphatic carbocycles. The van der Waals surface area contributed by atoms with Gasteiger partial charge in [-0.15, -0.1) is 0 Å². The second-order valence-corrected chi connectivity index (χ2v) is 15.4. The number of halogens is 4. The van der Waals surface area contributed by atoms with Crippen LogP contribution in [0.15, 0.2) is 58.4 Å². The number of sulfonamides is 1. The lowest BCUT2D eigenvalue weighted by Crippen LogP contribution is -2.79. The minimum Gasteiger partial charge on any atom is -0.358 e. The van der Waals surface area contributed by atoms with Gasteiger partial charge in [-0.1, -0.05) is 26.0 Å². The average Bonchev–Trinajstić information content (AvgIpc) is 3.24. The minimum atomic E-state index is -4.51. The van der Waals surface area contributed by atoms with E-state index in [0.717, 1.165) is 37.1 Å². The number of nitrogens with zero attached hydrogens (tertiary/aromatic N) is 2. The average molecular weight is 607 g/mol. The zero-order chi connectivity index (χ0) is 30.3. The van der Waals surface area contributed by atoms with Gasteiger partial charge < -0.3 is 10.6 Å². The normalized spacial score (nSPS) is 30.0. The number of alkyl halides is 3. The van der Waals surface area contributed by atoms with Crippen LogP contribution in [0.2, 0.25) is 0 Å². The summed E-state index contributed by atoms with van der Waals surface area (Å²) in [6, 6.07) is 9.12. The molecule has 0 unspecified atom stereocenters. The third-order valence-electron chi connectivity index (χ3n) is 9.42. The van der Waals surface area contributed by atoms with Gasteiger partial charge in [-0.3, -0.25) is 9.79 Å². The second kappa shape index (κ2) is 9.25. The summed E-state index contributed by atoms with van der Waals surface area (Å²) in [5.74, 6) is 0.0154. The van der Waals surface area contributed by atoms with Crippen molar-refractivity contribution in [3.63, 3.8) is 0 Å². The highest BCUT2D eigenvalue weighted by Crippen LogP contribution is 2.71. The summed E-state index contributed by atoms with van der Waals surface area (Å²) >= 11 is 0. The van der Waals surface area contributed by atoms with Gasteiger partial charge in [0.25, 0.3) is 0 Å². The van der Waals surface area contributed by atoms with Crippen LogP contribution in [0, 0.1) is 16.6 Å². The van der Waals surface area contributed by atoms with E-state index in [-0.39, 0.29) is 35.3 Å². The summed E-state index contributed by atoms with van der Waals surface area (Å²) in [5.41, 5.74) is -2.23. The lowest BCUT2D eigenvalue weighted by Gasteiger charge is -2.73. The fraction of sp³-hybridized carbons (Fsp3) is 0.533. The number of hydrogen-bond donors (Lipinski definition) is 2. The lowest BCUT2D eigenvalue weighted by molar-refractivity contribution is -0.151. The van der Waals surface area contributed by atoms with E-state index in [4.69, 9.17) is 0 Å². The Morgan fingerprint density at radius 3 is 2.17 bits per heavy atom. The van der Waals surface area contributed by atoms with Crippen molar-refractivity contribution in [1.29, 1.82) is 0 Å². The van der Waals surface area contributed by atoms with Gasteiger partial charge in [0.05, 0.1) is 17.0 Å². The highest BCUT2D eigenvalue weighted by atomic mass is 32.2. The number of carbonyl (C=O) groups is 1. The third-order valence-corrected chi connectivity index (χ3v) is 11.4. The number of nitrogens with one attached hydrogen (secondary N) is 2. The van der Waals surface area contributed by atoms with Crippen LogP contribution in [0.4, 0.5) is 17.6 Å². The van der Waals surface area contributed by atoms with Crippen LogP contribution in [0.3, 0.4) is 0 Å². The van der Waals surface area contributed by atoms with Crippen LogP contribution in [0.25, 0.3) is 0 Å². The van der Waals surface area contributed by atoms with Gasteiger partial charge in [-0.25, -0.2) is 12.8 Å². The van der Waals surface area contributed by atoms with Crippen LogP contribution < -0.4 is 10.6 Å². The second-order valence-electron chi connectivity index (χ2n) is 13.6. The molecule has 2 aromatic carbocycles. The first kappa shape index (κ1) is 29.1. The quantitative estimate of drug-likeness (QED) is 0.413. The molecule has 0 spiro atoms. The van der Waals surface area contributed by atoms with Crippen LogP contribution in [-0.2, 0) is 27.5 Å². The van der Waals surface area contributed by atoms with Gasteiger partial charge in [0.2, 0.25) is 15.9 Å². The molecule has 12 heteroatoms. The first-order valence-electron chi connectivity index (χ1n) is 14.0. The number of amidine groups is 1. The Morgan fingerprint density at radius 1 is 1.02 bits per heavy atom. The molecule has 4 saturated carbocycles. The predicted octanol–water partition coefficient (Wildman–Crippen LogP) is 5.02. The monoisotopic (exact) mass is 606 g/mol. The molecular formula is C30H34F4N4O3S. The Labute approximate surface area is 242 Å². The van der Waals surface area contributed by atoms with Crippen molar-refractivity contribution in [2.75, 3.05) is 6.54 Å². The molecule has 42 heavy (non-hydrogen) atoms. The maximum atomic E-state index is 13.9. The van der Waals surface area contributed by atoms with Crippen molar-refractivity contribution in [1.82, 2.24) is 14.9 Å². The smallest absolute Gasteiger partial charge is 0.358 e. The van der Waals surface area contributed by atoms with Crippen molar-refractivity contribution in [2.24, 2.45) is 15.8 Å². The number of hydrogen-bond acceptors (Lipinski definition) is 5. The van der Waals surface area contributed by atoms with Gasteiger partial charge in [0.15, 0.2) is 0 Å². The Bertz CT molecular complexity index is 1530. The predicted molar refractivity (Wildman–Crippen MR) is 148 cm³/mol. The van der Waals surface area contributed by atoms with Crippen molar-refractivity contribution in [2.45, 2.75) is 87.6 Å². The Morgan fingerprint density at radius 2 is 1.62 bits per heavy atom. The number of aliphatic imine (C=N–C) groups is 1. The fourth-order valence-corrected chi connectivity index (χ4v) is 8.94. The fourth-order valence-electron chi connectivity index (χ4n) is 7.18. The van der Waals surface area contributed by atoms with E-state index < -0.39 is 44.1 Å². The molecule has 1 atom stereocenters. The van der Waals surface area contributed by atoms with Gasteiger partial charge in [0.1, 0.15) is 17.2 Å². The first-order chi connectivity index (χ1) is 19.5. The Balaban J connectivity index is 1.19. The number of carbonyl (C=O) groups excluding carboxylic acids is 1. The van der Waals surface area contributed by atoms with Crippen molar-refractivity contribution < 1.29 is 30.8 Å². The van der Waals surface area contributed by atoms with Crippen LogP contribution in [0.1, 0.15) is 64.0 Å². The van der Waals surface area contributed by atoms with Crippen molar-refractivity contribution in [3.8, 4) is 0 Å². The molecular weight excluding hydrogens is 572 g/mol. The zero-order valence-electron chi connectivity index (χ0n) is 23.7. The van der Waals surface area contributed by atoms with Gasteiger partial charge in [-0.2, -0.15) is 17.5 Å². The molecule has 226 valence electrons. The molecule has 7 nitrogen and oxygen atoms in total. The molecule has 4 fully saturated rings. The van der Waals surface area contributed by atoms with Gasteiger partial charge >= 0.3 is 6.18 Å². The number of amides is 1. The van der Waals surface area contributed by atoms with E-state index in [0.29, 0.717) is 30.7 Å². The molecule has 2 bridgehead atoms. The first-order valence-corrected chi connectivity index (χ1v) is 15.5. The van der Waals surface area contributed by atoms with E-state index in [2.05, 4.69) is 29.5 Å². The molecule has 1 aliphatic heterocycles. The van der Waals surface area contributed by atoms with Crippen LogP contribution in [0.5, 0.6) is 0 Å². The summed E-state index contributed by atoms with van der Waals surface area (Å²) in [7, 11) is -4.12. The molecule has 2 aromatic rings. The van der Waals surface area contributed by atoms with Gasteiger partial charge in [0, 0.05) is 23.5 Å². The highest BCUT2D eigenvalue weighted by Gasteiger charge is 2.75. The summed E-state index contributed by atoms with van der Waals surface area (Å²) < 4.78 is 82.0. The Hall–Kier alpha value is -2.99. The maximum Gasteiger partial charge on any atom is 0.416 e. The highest BCUT2D eigenvalue weighted by molar-refractivity contribution is 7.89. The summed E-state index contributed by atoms with van der Waals surface area (Å²) in [6.07, 6.45) is -1.28. The maximum absolute atomic E-state index is 13.9. The minimum absolute atomic E-state index is 0.0886. The molecule has 0 saturated heterocycles. The van der Waals surface area contributed by atoms with E-state index in [9.17, 15) is 30.8 Å². The van der Waals surface area contributed by atoms with E-state index in [1.807, 2.05) is 6.92 Å². The van der Waals surface area contributed by atoms with Crippen molar-refractivity contribution in [3.05, 3.63) is 65.5 Å². The number of benzene rings is 2. The standard InChI is InChI=1S/C30H34F4N4O3S/c1-26(2)12-22(13-26)36-25(39)27(3)18-35-24(37-27)28-15-29(16-28,17-28)38(42(40,41)23-10-8-21(31)9-11-23)14-19-4-6-20(7-5-19)30(32,33)34/h4-11,22H,12-18H2,1-3H3,(H,35,37)(H,36,39)/t27-,28?,29?/m1/s1. The molecule has 1 heterocycles. The Kier molecular flexibility index (Phi) is 6.41. The topological polar surface area (TPSA) is 90.9 Å². The molecule has 2 N–H and O–H groups in total. The van der Waals surface area contributed by atoms with E-state index >= 15 is 0 Å².